The molecule has 1 fully saturated rings. The highest BCUT2D eigenvalue weighted by molar-refractivity contribution is 6.30. The summed E-state index contributed by atoms with van der Waals surface area (Å²) in [5.41, 5.74) is 1.59. The Balaban J connectivity index is 1.99. The quantitative estimate of drug-likeness (QED) is 0.742. The Morgan fingerprint density at radius 2 is 1.58 bits per heavy atom. The molecule has 0 N–H and O–H groups in total. The second-order valence-electron chi connectivity index (χ2n) is 5.14. The van der Waals surface area contributed by atoms with E-state index in [1.165, 1.54) is 0 Å². The Morgan fingerprint density at radius 3 is 2.11 bits per heavy atom. The van der Waals surface area contributed by atoms with Gasteiger partial charge in [-0.15, -0.1) is 0 Å². The summed E-state index contributed by atoms with van der Waals surface area (Å²) in [7, 11) is 0. The summed E-state index contributed by atoms with van der Waals surface area (Å²) in [6.07, 6.45) is 3.01. The van der Waals surface area contributed by atoms with Crippen molar-refractivity contribution in [3.8, 4) is 0 Å². The number of carbonyl (C=O) groups is 1. The number of benzene rings is 2. The summed E-state index contributed by atoms with van der Waals surface area (Å²) in [6, 6.07) is 17.3. The van der Waals surface area contributed by atoms with Crippen LogP contribution in [0.5, 0.6) is 0 Å². The molecule has 0 saturated heterocycles. The second-order valence-corrected chi connectivity index (χ2v) is 5.57. The van der Waals surface area contributed by atoms with Crippen LogP contribution in [-0.4, -0.2) is 5.78 Å². The van der Waals surface area contributed by atoms with Gasteiger partial charge >= 0.3 is 0 Å². The summed E-state index contributed by atoms with van der Waals surface area (Å²) in [6.45, 7) is 0. The first kappa shape index (κ1) is 12.4. The third-order valence-electron chi connectivity index (χ3n) is 4.07. The van der Waals surface area contributed by atoms with Crippen LogP contribution in [0.3, 0.4) is 0 Å². The van der Waals surface area contributed by atoms with E-state index in [2.05, 4.69) is 12.1 Å². The molecule has 96 valence electrons. The lowest BCUT2D eigenvalue weighted by atomic mass is 9.61. The fourth-order valence-corrected chi connectivity index (χ4v) is 2.94. The average Bonchev–Trinajstić information content (AvgIpc) is 2.39. The topological polar surface area (TPSA) is 17.1 Å². The molecule has 3 rings (SSSR count). The van der Waals surface area contributed by atoms with Crippen LogP contribution in [0.4, 0.5) is 0 Å². The van der Waals surface area contributed by atoms with Crippen molar-refractivity contribution in [2.75, 3.05) is 0 Å². The molecule has 0 unspecified atom stereocenters. The van der Waals surface area contributed by atoms with E-state index in [0.717, 1.165) is 30.4 Å². The zero-order chi connectivity index (χ0) is 13.3. The van der Waals surface area contributed by atoms with Crippen molar-refractivity contribution in [2.45, 2.75) is 24.7 Å². The van der Waals surface area contributed by atoms with Crippen molar-refractivity contribution in [1.82, 2.24) is 0 Å². The number of rotatable bonds is 3. The Kier molecular flexibility index (Phi) is 3.16. The predicted molar refractivity (Wildman–Crippen MR) is 77.8 cm³/mol. The first-order chi connectivity index (χ1) is 9.22. The van der Waals surface area contributed by atoms with Crippen molar-refractivity contribution < 1.29 is 4.79 Å². The highest BCUT2D eigenvalue weighted by atomic mass is 35.5. The lowest BCUT2D eigenvalue weighted by Gasteiger charge is -2.41. The Hall–Kier alpha value is -1.60. The minimum Gasteiger partial charge on any atom is -0.293 e. The molecule has 1 aliphatic carbocycles. The summed E-state index contributed by atoms with van der Waals surface area (Å²) in [4.78, 5) is 12.8. The smallest absolute Gasteiger partial charge is 0.173 e. The first-order valence-corrected chi connectivity index (χ1v) is 6.96. The molecule has 0 heterocycles. The molecule has 0 atom stereocenters. The van der Waals surface area contributed by atoms with Crippen LogP contribution in [0.1, 0.15) is 35.2 Å². The van der Waals surface area contributed by atoms with Gasteiger partial charge in [-0.3, -0.25) is 4.79 Å². The second kappa shape index (κ2) is 4.82. The van der Waals surface area contributed by atoms with E-state index >= 15 is 0 Å². The van der Waals surface area contributed by atoms with Gasteiger partial charge in [-0.1, -0.05) is 48.4 Å². The molecule has 0 amide bonds. The molecule has 0 radical (unpaired) electrons. The Labute approximate surface area is 118 Å². The summed E-state index contributed by atoms with van der Waals surface area (Å²) < 4.78 is 0. The van der Waals surface area contributed by atoms with Crippen LogP contribution in [0, 0.1) is 0 Å². The number of carbonyl (C=O) groups excluding carboxylic acids is 1. The molecule has 0 aliphatic heterocycles. The highest BCUT2D eigenvalue weighted by Gasteiger charge is 2.45. The molecule has 19 heavy (non-hydrogen) atoms. The van der Waals surface area contributed by atoms with Crippen LogP contribution < -0.4 is 0 Å². The molecule has 2 heteroatoms. The summed E-state index contributed by atoms with van der Waals surface area (Å²) in [5.74, 6) is 0.224. The predicted octanol–water partition coefficient (Wildman–Crippen LogP) is 4.64. The van der Waals surface area contributed by atoms with Crippen LogP contribution in [0.15, 0.2) is 54.6 Å². The van der Waals surface area contributed by atoms with Crippen molar-refractivity contribution in [2.24, 2.45) is 0 Å². The number of Topliss-reactive ketones (excluding diaryl/α,β-unsaturated/α-hetero) is 1. The van der Waals surface area contributed by atoms with E-state index in [-0.39, 0.29) is 11.2 Å². The molecule has 0 aromatic heterocycles. The van der Waals surface area contributed by atoms with E-state index in [1.807, 2.05) is 30.3 Å². The van der Waals surface area contributed by atoms with Gasteiger partial charge in [0, 0.05) is 10.6 Å². The SMILES string of the molecule is O=C(c1ccc(Cl)cc1)C1(c2ccccc2)CCC1. The van der Waals surface area contributed by atoms with Crippen LogP contribution in [0.2, 0.25) is 5.02 Å². The number of hydrogen-bond acceptors (Lipinski definition) is 1. The average molecular weight is 271 g/mol. The standard InChI is InChI=1S/C17H15ClO/c18-15-9-7-13(8-10-15)16(19)17(11-4-12-17)14-5-2-1-3-6-14/h1-3,5-10H,4,11-12H2. The summed E-state index contributed by atoms with van der Waals surface area (Å²) in [5, 5.41) is 0.666. The number of halogens is 1. The third-order valence-corrected chi connectivity index (χ3v) is 4.33. The van der Waals surface area contributed by atoms with Crippen molar-refractivity contribution >= 4 is 17.4 Å². The van der Waals surface area contributed by atoms with Crippen LogP contribution in [0.25, 0.3) is 0 Å². The van der Waals surface area contributed by atoms with Gasteiger partial charge < -0.3 is 0 Å². The van der Waals surface area contributed by atoms with Crippen molar-refractivity contribution in [1.29, 1.82) is 0 Å². The molecule has 2 aromatic rings. The Morgan fingerprint density at radius 1 is 0.947 bits per heavy atom. The normalized spacial score (nSPS) is 16.7. The fourth-order valence-electron chi connectivity index (χ4n) is 2.81. The van der Waals surface area contributed by atoms with Gasteiger partial charge in [0.25, 0.3) is 0 Å². The van der Waals surface area contributed by atoms with Crippen molar-refractivity contribution in [3.05, 3.63) is 70.7 Å². The molecule has 1 nitrogen and oxygen atoms in total. The van der Waals surface area contributed by atoms with Crippen LogP contribution >= 0.6 is 11.6 Å². The lowest BCUT2D eigenvalue weighted by Crippen LogP contribution is -2.42. The van der Waals surface area contributed by atoms with Gasteiger partial charge in [0.1, 0.15) is 0 Å². The number of hydrogen-bond donors (Lipinski definition) is 0. The first-order valence-electron chi connectivity index (χ1n) is 6.58. The van der Waals surface area contributed by atoms with E-state index in [1.54, 1.807) is 12.1 Å². The molecule has 1 saturated carbocycles. The van der Waals surface area contributed by atoms with Gasteiger partial charge in [0.15, 0.2) is 5.78 Å². The van der Waals surface area contributed by atoms with E-state index < -0.39 is 0 Å². The molecule has 1 aliphatic rings. The highest BCUT2D eigenvalue weighted by Crippen LogP contribution is 2.46. The zero-order valence-corrected chi connectivity index (χ0v) is 11.4. The van der Waals surface area contributed by atoms with E-state index in [9.17, 15) is 4.79 Å². The zero-order valence-electron chi connectivity index (χ0n) is 10.6. The van der Waals surface area contributed by atoms with Gasteiger partial charge in [-0.05, 0) is 42.7 Å². The van der Waals surface area contributed by atoms with Crippen molar-refractivity contribution in [3.63, 3.8) is 0 Å². The third kappa shape index (κ3) is 2.08. The van der Waals surface area contributed by atoms with Gasteiger partial charge in [-0.25, -0.2) is 0 Å². The molecule has 2 aromatic carbocycles. The maximum absolute atomic E-state index is 12.8. The monoisotopic (exact) mass is 270 g/mol. The summed E-state index contributed by atoms with van der Waals surface area (Å²) >= 11 is 5.88. The fraction of sp³-hybridized carbons (Fsp3) is 0.235. The lowest BCUT2D eigenvalue weighted by molar-refractivity contribution is 0.0789. The minimum atomic E-state index is -0.310. The minimum absolute atomic E-state index is 0.224. The van der Waals surface area contributed by atoms with Gasteiger partial charge in [0.2, 0.25) is 0 Å². The maximum Gasteiger partial charge on any atom is 0.173 e. The van der Waals surface area contributed by atoms with Crippen LogP contribution in [-0.2, 0) is 5.41 Å². The molecular formula is C17H15ClO. The maximum atomic E-state index is 12.8. The largest absolute Gasteiger partial charge is 0.293 e. The van der Waals surface area contributed by atoms with Gasteiger partial charge in [-0.2, -0.15) is 0 Å². The molecule has 0 bridgehead atoms. The molecular weight excluding hydrogens is 256 g/mol. The number of ketones is 1. The van der Waals surface area contributed by atoms with E-state index in [4.69, 9.17) is 11.6 Å². The molecule has 0 spiro atoms. The Bertz CT molecular complexity index is 582. The van der Waals surface area contributed by atoms with Gasteiger partial charge in [0.05, 0.1) is 5.41 Å². The van der Waals surface area contributed by atoms with E-state index in [0.29, 0.717) is 5.02 Å².